The first-order chi connectivity index (χ1) is 16.9. The molecule has 2 aromatic rings. The van der Waals surface area contributed by atoms with Crippen molar-refractivity contribution in [2.75, 3.05) is 26.3 Å². The summed E-state index contributed by atoms with van der Waals surface area (Å²) >= 11 is 6.36. The van der Waals surface area contributed by atoms with E-state index in [1.54, 1.807) is 0 Å². The van der Waals surface area contributed by atoms with Gasteiger partial charge in [0.25, 0.3) is 11.8 Å². The van der Waals surface area contributed by atoms with Crippen LogP contribution in [0.1, 0.15) is 44.7 Å². The molecular weight excluding hydrogens is 474 g/mol. The summed E-state index contributed by atoms with van der Waals surface area (Å²) < 4.78 is 11.3. The normalized spacial score (nSPS) is 20.7. The number of carbonyl (C=O) groups excluding carboxylic acids is 4. The second-order valence-electron chi connectivity index (χ2n) is 8.74. The van der Waals surface area contributed by atoms with Crippen LogP contribution < -0.4 is 10.1 Å². The van der Waals surface area contributed by atoms with Crippen LogP contribution in [-0.4, -0.2) is 65.8 Å². The summed E-state index contributed by atoms with van der Waals surface area (Å²) in [5, 5.41) is 2.38. The number of rotatable bonds is 6. The molecule has 2 aromatic carbocycles. The van der Waals surface area contributed by atoms with E-state index in [-0.39, 0.29) is 41.3 Å². The zero-order valence-corrected chi connectivity index (χ0v) is 19.7. The number of piperidine rings is 1. The Balaban J connectivity index is 1.31. The first kappa shape index (κ1) is 23.5. The average molecular weight is 498 g/mol. The number of hydrogen-bond donors (Lipinski definition) is 1. The summed E-state index contributed by atoms with van der Waals surface area (Å²) in [4.78, 5) is 53.3. The molecule has 2 saturated heterocycles. The van der Waals surface area contributed by atoms with Crippen LogP contribution in [0.2, 0.25) is 5.02 Å². The lowest BCUT2D eigenvalue weighted by atomic mass is 10.0. The SMILES string of the molecule is O=C1CCC(N2C(=O)c3ccc(Cl)c(OCc4ccc(CN5CCOCC5)cc4)c3C2=O)C(=O)N1. The van der Waals surface area contributed by atoms with Crippen LogP contribution in [0.4, 0.5) is 0 Å². The van der Waals surface area contributed by atoms with Gasteiger partial charge in [0.2, 0.25) is 11.8 Å². The first-order valence-corrected chi connectivity index (χ1v) is 11.8. The Morgan fingerprint density at radius 3 is 2.40 bits per heavy atom. The Kier molecular flexibility index (Phi) is 6.55. The zero-order chi connectivity index (χ0) is 24.5. The van der Waals surface area contributed by atoms with Crippen molar-refractivity contribution < 1.29 is 28.7 Å². The minimum Gasteiger partial charge on any atom is -0.486 e. The number of imide groups is 2. The van der Waals surface area contributed by atoms with Gasteiger partial charge in [-0.05, 0) is 29.7 Å². The number of ether oxygens (including phenoxy) is 2. The molecule has 2 fully saturated rings. The summed E-state index contributed by atoms with van der Waals surface area (Å²) in [6.45, 7) is 4.30. The van der Waals surface area contributed by atoms with Crippen molar-refractivity contribution in [3.63, 3.8) is 0 Å². The van der Waals surface area contributed by atoms with Gasteiger partial charge in [0, 0.05) is 26.1 Å². The van der Waals surface area contributed by atoms with Crippen molar-refractivity contribution >= 4 is 35.2 Å². The summed E-state index contributed by atoms with van der Waals surface area (Å²) in [6.07, 6.45) is 0.131. The van der Waals surface area contributed by atoms with Crippen LogP contribution in [0.25, 0.3) is 0 Å². The predicted octanol–water partition coefficient (Wildman–Crippen LogP) is 2.15. The molecule has 35 heavy (non-hydrogen) atoms. The van der Waals surface area contributed by atoms with E-state index in [9.17, 15) is 19.2 Å². The van der Waals surface area contributed by atoms with Crippen LogP contribution in [0, 0.1) is 0 Å². The number of carbonyl (C=O) groups is 4. The highest BCUT2D eigenvalue weighted by atomic mass is 35.5. The van der Waals surface area contributed by atoms with Crippen molar-refractivity contribution in [2.45, 2.75) is 32.0 Å². The molecule has 182 valence electrons. The number of halogens is 1. The van der Waals surface area contributed by atoms with E-state index in [1.165, 1.54) is 17.7 Å². The fourth-order valence-electron chi connectivity index (χ4n) is 4.56. The lowest BCUT2D eigenvalue weighted by Gasteiger charge is -2.27. The number of morpholine rings is 1. The quantitative estimate of drug-likeness (QED) is 0.610. The van der Waals surface area contributed by atoms with E-state index in [1.807, 2.05) is 24.3 Å². The van der Waals surface area contributed by atoms with Crippen molar-refractivity contribution in [3.05, 3.63) is 63.7 Å². The largest absolute Gasteiger partial charge is 0.486 e. The van der Waals surface area contributed by atoms with Crippen LogP contribution >= 0.6 is 11.6 Å². The summed E-state index contributed by atoms with van der Waals surface area (Å²) in [5.74, 6) is -2.24. The van der Waals surface area contributed by atoms with Gasteiger partial charge in [-0.2, -0.15) is 0 Å². The molecule has 4 amide bonds. The molecular formula is C25H24ClN3O6. The molecule has 9 nitrogen and oxygen atoms in total. The molecule has 1 unspecified atom stereocenters. The summed E-state index contributed by atoms with van der Waals surface area (Å²) in [6, 6.07) is 9.88. The highest BCUT2D eigenvalue weighted by Crippen LogP contribution is 2.38. The van der Waals surface area contributed by atoms with Gasteiger partial charge in [0.05, 0.1) is 29.4 Å². The van der Waals surface area contributed by atoms with E-state index >= 15 is 0 Å². The fraction of sp³-hybridized carbons (Fsp3) is 0.360. The molecule has 5 rings (SSSR count). The van der Waals surface area contributed by atoms with Crippen molar-refractivity contribution in [2.24, 2.45) is 0 Å². The molecule has 0 aliphatic carbocycles. The number of hydrogen-bond acceptors (Lipinski definition) is 7. The number of amides is 4. The number of benzene rings is 2. The van der Waals surface area contributed by atoms with Crippen LogP contribution in [0.5, 0.6) is 5.75 Å². The minimum atomic E-state index is -1.05. The molecule has 3 heterocycles. The Labute approximate surface area is 206 Å². The van der Waals surface area contributed by atoms with Crippen molar-refractivity contribution in [1.29, 1.82) is 0 Å². The number of fused-ring (bicyclic) bond motifs is 1. The Hall–Kier alpha value is -3.27. The number of nitrogens with one attached hydrogen (secondary N) is 1. The molecule has 0 radical (unpaired) electrons. The summed E-state index contributed by atoms with van der Waals surface area (Å²) in [5.41, 5.74) is 2.22. The lowest BCUT2D eigenvalue weighted by Crippen LogP contribution is -2.54. The molecule has 3 aliphatic rings. The molecule has 0 aromatic heterocycles. The standard InChI is InChI=1S/C25H24ClN3O6/c26-18-6-5-17-21(25(33)29(24(17)32)19-7-8-20(30)27-23(19)31)22(18)35-14-16-3-1-15(2-4-16)13-28-9-11-34-12-10-28/h1-6,19H,7-14H2,(H,27,30,31). The van der Waals surface area contributed by atoms with Gasteiger partial charge in [-0.15, -0.1) is 0 Å². The molecule has 1 N–H and O–H groups in total. The van der Waals surface area contributed by atoms with Gasteiger partial charge < -0.3 is 9.47 Å². The van der Waals surface area contributed by atoms with E-state index in [2.05, 4.69) is 10.2 Å². The van der Waals surface area contributed by atoms with Gasteiger partial charge >= 0.3 is 0 Å². The van der Waals surface area contributed by atoms with Gasteiger partial charge in [-0.1, -0.05) is 35.9 Å². The summed E-state index contributed by atoms with van der Waals surface area (Å²) in [7, 11) is 0. The average Bonchev–Trinajstić information content (AvgIpc) is 3.10. The Bertz CT molecular complexity index is 1190. The van der Waals surface area contributed by atoms with Crippen molar-refractivity contribution in [3.8, 4) is 5.75 Å². The highest BCUT2D eigenvalue weighted by Gasteiger charge is 2.46. The predicted molar refractivity (Wildman–Crippen MR) is 125 cm³/mol. The first-order valence-electron chi connectivity index (χ1n) is 11.5. The smallest absolute Gasteiger partial charge is 0.266 e. The third-order valence-corrected chi connectivity index (χ3v) is 6.73. The topological polar surface area (TPSA) is 105 Å². The van der Waals surface area contributed by atoms with Gasteiger partial charge in [-0.3, -0.25) is 34.3 Å². The Morgan fingerprint density at radius 1 is 0.971 bits per heavy atom. The molecule has 0 spiro atoms. The van der Waals surface area contributed by atoms with Gasteiger partial charge in [0.15, 0.2) is 5.75 Å². The maximum atomic E-state index is 13.2. The van der Waals surface area contributed by atoms with Gasteiger partial charge in [0.1, 0.15) is 12.6 Å². The third kappa shape index (κ3) is 4.67. The highest BCUT2D eigenvalue weighted by molar-refractivity contribution is 6.34. The molecule has 0 saturated carbocycles. The molecule has 1 atom stereocenters. The maximum Gasteiger partial charge on any atom is 0.266 e. The van der Waals surface area contributed by atoms with E-state index < -0.39 is 29.7 Å². The molecule has 10 heteroatoms. The van der Waals surface area contributed by atoms with Crippen LogP contribution in [0.15, 0.2) is 36.4 Å². The Morgan fingerprint density at radius 2 is 1.69 bits per heavy atom. The zero-order valence-electron chi connectivity index (χ0n) is 18.9. The minimum absolute atomic E-state index is 0.0381. The maximum absolute atomic E-state index is 13.2. The molecule has 0 bridgehead atoms. The van der Waals surface area contributed by atoms with Crippen molar-refractivity contribution in [1.82, 2.24) is 15.1 Å². The fourth-order valence-corrected chi connectivity index (χ4v) is 4.77. The number of nitrogens with zero attached hydrogens (tertiary/aromatic N) is 2. The lowest BCUT2D eigenvalue weighted by molar-refractivity contribution is -0.136. The van der Waals surface area contributed by atoms with E-state index in [4.69, 9.17) is 21.1 Å². The second kappa shape index (κ2) is 9.77. The van der Waals surface area contributed by atoms with Crippen LogP contribution in [0.3, 0.4) is 0 Å². The monoisotopic (exact) mass is 497 g/mol. The third-order valence-electron chi connectivity index (χ3n) is 6.43. The second-order valence-corrected chi connectivity index (χ2v) is 9.15. The van der Waals surface area contributed by atoms with Gasteiger partial charge in [-0.25, -0.2) is 0 Å². The van der Waals surface area contributed by atoms with E-state index in [0.717, 1.165) is 43.3 Å². The van der Waals surface area contributed by atoms with E-state index in [0.29, 0.717) is 0 Å². The molecule has 3 aliphatic heterocycles. The van der Waals surface area contributed by atoms with Crippen LogP contribution in [-0.2, 0) is 27.5 Å².